The van der Waals surface area contributed by atoms with Crippen LogP contribution in [0.1, 0.15) is 21.6 Å². The Morgan fingerprint density at radius 2 is 1.62 bits per heavy atom. The lowest BCUT2D eigenvalue weighted by molar-refractivity contribution is 0.0945. The summed E-state index contributed by atoms with van der Waals surface area (Å²) in [5, 5.41) is 11.3. The highest BCUT2D eigenvalue weighted by atomic mass is 16.1. The van der Waals surface area contributed by atoms with Gasteiger partial charge >= 0.3 is 0 Å². The summed E-state index contributed by atoms with van der Waals surface area (Å²) in [6, 6.07) is 17.6. The monoisotopic (exact) mass is 388 g/mol. The van der Waals surface area contributed by atoms with Crippen LogP contribution in [0.15, 0.2) is 60.8 Å². The number of nitrogens with zero attached hydrogens (tertiary/aromatic N) is 5. The number of aryl methyl sites for hydroxylation is 1. The molecule has 7 heteroatoms. The summed E-state index contributed by atoms with van der Waals surface area (Å²) < 4.78 is 0. The van der Waals surface area contributed by atoms with Gasteiger partial charge in [0.1, 0.15) is 5.82 Å². The number of piperazine rings is 1. The largest absolute Gasteiger partial charge is 0.353 e. The maximum absolute atomic E-state index is 12.3. The molecule has 148 valence electrons. The van der Waals surface area contributed by atoms with E-state index in [-0.39, 0.29) is 5.91 Å². The van der Waals surface area contributed by atoms with Crippen molar-refractivity contribution in [3.05, 3.63) is 77.6 Å². The Hall–Kier alpha value is -3.48. The fourth-order valence-corrected chi connectivity index (χ4v) is 3.30. The molecule has 3 aromatic rings. The minimum absolute atomic E-state index is 0.218. The van der Waals surface area contributed by atoms with E-state index >= 15 is 0 Å². The van der Waals surface area contributed by atoms with E-state index in [0.29, 0.717) is 12.2 Å². The van der Waals surface area contributed by atoms with Gasteiger partial charge in [0.15, 0.2) is 11.5 Å². The zero-order chi connectivity index (χ0) is 20.1. The zero-order valence-electron chi connectivity index (χ0n) is 16.5. The fourth-order valence-electron chi connectivity index (χ4n) is 3.30. The molecule has 1 aliphatic rings. The molecule has 2 aromatic heterocycles. The van der Waals surface area contributed by atoms with Crippen molar-refractivity contribution < 1.29 is 4.79 Å². The first-order chi connectivity index (χ1) is 14.2. The van der Waals surface area contributed by atoms with Crippen LogP contribution in [0.25, 0.3) is 0 Å². The Kier molecular flexibility index (Phi) is 5.65. The SMILES string of the molecule is Cc1ccc(CNC(=O)c2ccc(N3CCN(c4ccccn4)CC3)nn2)cc1. The molecule has 1 amide bonds. The van der Waals surface area contributed by atoms with Crippen molar-refractivity contribution in [3.63, 3.8) is 0 Å². The lowest BCUT2D eigenvalue weighted by atomic mass is 10.1. The predicted molar refractivity (Wildman–Crippen MR) is 113 cm³/mol. The van der Waals surface area contributed by atoms with Gasteiger partial charge < -0.3 is 15.1 Å². The predicted octanol–water partition coefficient (Wildman–Crippen LogP) is 2.44. The summed E-state index contributed by atoms with van der Waals surface area (Å²) in [4.78, 5) is 21.2. The topological polar surface area (TPSA) is 74.2 Å². The number of carbonyl (C=O) groups excluding carboxylic acids is 1. The van der Waals surface area contributed by atoms with Gasteiger partial charge in [0.2, 0.25) is 0 Å². The Bertz CT molecular complexity index is 935. The van der Waals surface area contributed by atoms with Crippen LogP contribution in [0.2, 0.25) is 0 Å². The molecule has 1 aromatic carbocycles. The van der Waals surface area contributed by atoms with Crippen molar-refractivity contribution in [1.29, 1.82) is 0 Å². The summed E-state index contributed by atoms with van der Waals surface area (Å²) in [5.41, 5.74) is 2.58. The molecule has 1 fully saturated rings. The third kappa shape index (κ3) is 4.68. The number of hydrogen-bond donors (Lipinski definition) is 1. The number of pyridine rings is 1. The average molecular weight is 388 g/mol. The van der Waals surface area contributed by atoms with Gasteiger partial charge in [0, 0.05) is 38.9 Å². The maximum Gasteiger partial charge on any atom is 0.272 e. The molecule has 1 aliphatic heterocycles. The van der Waals surface area contributed by atoms with Gasteiger partial charge in [-0.05, 0) is 36.8 Å². The molecule has 1 N–H and O–H groups in total. The van der Waals surface area contributed by atoms with E-state index in [4.69, 9.17) is 0 Å². The second-order valence-electron chi connectivity index (χ2n) is 7.11. The average Bonchev–Trinajstić information content (AvgIpc) is 2.79. The molecule has 0 unspecified atom stereocenters. The van der Waals surface area contributed by atoms with E-state index in [9.17, 15) is 4.79 Å². The minimum Gasteiger partial charge on any atom is -0.353 e. The van der Waals surface area contributed by atoms with Crippen molar-refractivity contribution in [2.75, 3.05) is 36.0 Å². The van der Waals surface area contributed by atoms with Gasteiger partial charge in [0.05, 0.1) is 0 Å². The summed E-state index contributed by atoms with van der Waals surface area (Å²) >= 11 is 0. The molecular weight excluding hydrogens is 364 g/mol. The summed E-state index contributed by atoms with van der Waals surface area (Å²) in [6.45, 7) is 5.93. The molecule has 0 atom stereocenters. The Morgan fingerprint density at radius 3 is 2.24 bits per heavy atom. The van der Waals surface area contributed by atoms with E-state index in [0.717, 1.165) is 43.4 Å². The van der Waals surface area contributed by atoms with Crippen molar-refractivity contribution in [2.24, 2.45) is 0 Å². The van der Waals surface area contributed by atoms with Gasteiger partial charge in [-0.3, -0.25) is 4.79 Å². The number of hydrogen-bond acceptors (Lipinski definition) is 6. The highest BCUT2D eigenvalue weighted by Gasteiger charge is 2.19. The molecule has 29 heavy (non-hydrogen) atoms. The summed E-state index contributed by atoms with van der Waals surface area (Å²) in [5.74, 6) is 1.57. The quantitative estimate of drug-likeness (QED) is 0.724. The van der Waals surface area contributed by atoms with Gasteiger partial charge in [0.25, 0.3) is 5.91 Å². The van der Waals surface area contributed by atoms with Crippen molar-refractivity contribution in [1.82, 2.24) is 20.5 Å². The van der Waals surface area contributed by atoms with Crippen LogP contribution in [-0.2, 0) is 6.54 Å². The van der Waals surface area contributed by atoms with Crippen LogP contribution in [0.3, 0.4) is 0 Å². The van der Waals surface area contributed by atoms with E-state index < -0.39 is 0 Å². The van der Waals surface area contributed by atoms with Gasteiger partial charge in [-0.2, -0.15) is 0 Å². The molecule has 0 bridgehead atoms. The minimum atomic E-state index is -0.218. The second kappa shape index (κ2) is 8.68. The Balaban J connectivity index is 1.31. The first kappa shape index (κ1) is 18.9. The molecule has 0 radical (unpaired) electrons. The van der Waals surface area contributed by atoms with Crippen LogP contribution in [0, 0.1) is 6.92 Å². The first-order valence-electron chi connectivity index (χ1n) is 9.77. The molecule has 4 rings (SSSR count). The van der Waals surface area contributed by atoms with E-state index in [1.54, 1.807) is 6.07 Å². The fraction of sp³-hybridized carbons (Fsp3) is 0.273. The van der Waals surface area contributed by atoms with Crippen LogP contribution < -0.4 is 15.1 Å². The smallest absolute Gasteiger partial charge is 0.272 e. The number of carbonyl (C=O) groups is 1. The van der Waals surface area contributed by atoms with Crippen LogP contribution in [0.5, 0.6) is 0 Å². The first-order valence-corrected chi connectivity index (χ1v) is 9.77. The zero-order valence-corrected chi connectivity index (χ0v) is 16.5. The lowest BCUT2D eigenvalue weighted by Crippen LogP contribution is -2.47. The van der Waals surface area contributed by atoms with Crippen LogP contribution in [-0.4, -0.2) is 47.3 Å². The standard InChI is InChI=1S/C22H24N6O/c1-17-5-7-18(8-6-17)16-24-22(29)19-9-10-21(26-25-19)28-14-12-27(13-15-28)20-4-2-3-11-23-20/h2-11H,12-16H2,1H3,(H,24,29). The molecule has 0 saturated carbocycles. The third-order valence-corrected chi connectivity index (χ3v) is 5.03. The lowest BCUT2D eigenvalue weighted by Gasteiger charge is -2.35. The molecule has 3 heterocycles. The number of anilines is 2. The Labute approximate surface area is 170 Å². The van der Waals surface area contributed by atoms with Crippen molar-refractivity contribution in [3.8, 4) is 0 Å². The van der Waals surface area contributed by atoms with Gasteiger partial charge in [-0.15, -0.1) is 10.2 Å². The highest BCUT2D eigenvalue weighted by Crippen LogP contribution is 2.17. The molecule has 7 nitrogen and oxygen atoms in total. The summed E-state index contributed by atoms with van der Waals surface area (Å²) in [6.07, 6.45) is 1.82. The highest BCUT2D eigenvalue weighted by molar-refractivity contribution is 5.92. The number of benzene rings is 1. The number of nitrogens with one attached hydrogen (secondary N) is 1. The van der Waals surface area contributed by atoms with E-state index in [1.165, 1.54) is 5.56 Å². The van der Waals surface area contributed by atoms with Crippen molar-refractivity contribution in [2.45, 2.75) is 13.5 Å². The van der Waals surface area contributed by atoms with E-state index in [1.807, 2.05) is 61.7 Å². The Morgan fingerprint density at radius 1 is 0.897 bits per heavy atom. The maximum atomic E-state index is 12.3. The van der Waals surface area contributed by atoms with Crippen LogP contribution >= 0.6 is 0 Å². The molecule has 1 saturated heterocycles. The van der Waals surface area contributed by atoms with E-state index in [2.05, 4.69) is 30.3 Å². The molecule has 0 aliphatic carbocycles. The number of aromatic nitrogens is 3. The molecular formula is C22H24N6O. The van der Waals surface area contributed by atoms with Crippen molar-refractivity contribution >= 4 is 17.5 Å². The van der Waals surface area contributed by atoms with Gasteiger partial charge in [-0.25, -0.2) is 4.98 Å². The normalized spacial score (nSPS) is 14.0. The van der Waals surface area contributed by atoms with Crippen LogP contribution in [0.4, 0.5) is 11.6 Å². The number of rotatable bonds is 5. The molecule has 0 spiro atoms. The third-order valence-electron chi connectivity index (χ3n) is 5.03. The second-order valence-corrected chi connectivity index (χ2v) is 7.11. The van der Waals surface area contributed by atoms with Gasteiger partial charge in [-0.1, -0.05) is 35.9 Å². The number of amides is 1. The summed E-state index contributed by atoms with van der Waals surface area (Å²) in [7, 11) is 0.